The zero-order valence-electron chi connectivity index (χ0n) is 14.4. The number of hydrogen-bond acceptors (Lipinski definition) is 6. The fourth-order valence-corrected chi connectivity index (χ4v) is 4.27. The summed E-state index contributed by atoms with van der Waals surface area (Å²) in [5.41, 5.74) is 0. The minimum atomic E-state index is -3.56. The average molecular weight is 368 g/mol. The predicted octanol–water partition coefficient (Wildman–Crippen LogP) is 0.832. The van der Waals surface area contributed by atoms with E-state index in [9.17, 15) is 13.2 Å². The molecule has 0 radical (unpaired) electrons. The fraction of sp³-hybridized carbons (Fsp3) is 0.588. The maximum Gasteiger partial charge on any atom is 0.223 e. The molecule has 0 aliphatic carbocycles. The van der Waals surface area contributed by atoms with Gasteiger partial charge in [0.15, 0.2) is 21.3 Å². The van der Waals surface area contributed by atoms with Gasteiger partial charge in [0.05, 0.1) is 23.9 Å². The first-order valence-electron chi connectivity index (χ1n) is 8.56. The van der Waals surface area contributed by atoms with E-state index in [1.807, 2.05) is 0 Å². The molecule has 8 heteroatoms. The lowest BCUT2D eigenvalue weighted by molar-refractivity contribution is -0.131. The number of hydrogen-bond donors (Lipinski definition) is 1. The first kappa shape index (κ1) is 18.0. The summed E-state index contributed by atoms with van der Waals surface area (Å²) in [6, 6.07) is 4.77. The van der Waals surface area contributed by atoms with E-state index in [1.165, 1.54) is 12.1 Å². The molecule has 1 fully saturated rings. The molecular weight excluding hydrogens is 344 g/mol. The molecule has 1 aromatic carbocycles. The molecule has 1 atom stereocenters. The maximum absolute atomic E-state index is 12.6. The van der Waals surface area contributed by atoms with Crippen LogP contribution in [0.4, 0.5) is 0 Å². The number of carbonyl (C=O) groups is 1. The molecule has 1 N–H and O–H groups in total. The Morgan fingerprint density at radius 1 is 1.28 bits per heavy atom. The molecule has 7 nitrogen and oxygen atoms in total. The molecule has 3 rings (SSSR count). The first-order chi connectivity index (χ1) is 12.0. The van der Waals surface area contributed by atoms with Crippen molar-refractivity contribution in [2.75, 3.05) is 39.1 Å². The Morgan fingerprint density at radius 3 is 2.76 bits per heavy atom. The number of sulfone groups is 1. The Morgan fingerprint density at radius 2 is 2.04 bits per heavy atom. The highest BCUT2D eigenvalue weighted by Gasteiger charge is 2.25. The molecule has 2 aliphatic rings. The van der Waals surface area contributed by atoms with E-state index >= 15 is 0 Å². The number of ether oxygens (including phenoxy) is 2. The molecule has 2 heterocycles. The standard InChI is InChI=1S/C17H24N2O5S/c1-19(13-5-7-18-12-13)17(20)6-10-25(21,22)14-3-4-15-16(11-14)24-9-2-8-23-15/h3-4,11,13,18H,2,5-10,12H2,1H3. The van der Waals surface area contributed by atoms with Gasteiger partial charge in [-0.1, -0.05) is 0 Å². The van der Waals surface area contributed by atoms with Crippen LogP contribution in [0, 0.1) is 0 Å². The third-order valence-corrected chi connectivity index (χ3v) is 6.35. The monoisotopic (exact) mass is 368 g/mol. The second kappa shape index (κ2) is 7.61. The van der Waals surface area contributed by atoms with E-state index in [2.05, 4.69) is 5.32 Å². The third kappa shape index (κ3) is 4.24. The smallest absolute Gasteiger partial charge is 0.223 e. The van der Waals surface area contributed by atoms with Crippen molar-refractivity contribution in [1.29, 1.82) is 0 Å². The highest BCUT2D eigenvalue weighted by molar-refractivity contribution is 7.91. The van der Waals surface area contributed by atoms with Gasteiger partial charge in [-0.05, 0) is 25.1 Å². The highest BCUT2D eigenvalue weighted by atomic mass is 32.2. The number of nitrogens with zero attached hydrogens (tertiary/aromatic N) is 1. The van der Waals surface area contributed by atoms with Crippen molar-refractivity contribution >= 4 is 15.7 Å². The van der Waals surface area contributed by atoms with Crippen LogP contribution in [0.5, 0.6) is 11.5 Å². The third-order valence-electron chi connectivity index (χ3n) is 4.64. The minimum absolute atomic E-state index is 0.0240. The summed E-state index contributed by atoms with van der Waals surface area (Å²) in [6.45, 7) is 2.69. The lowest BCUT2D eigenvalue weighted by atomic mass is 10.2. The lowest BCUT2D eigenvalue weighted by Gasteiger charge is -2.23. The molecule has 1 unspecified atom stereocenters. The summed E-state index contributed by atoms with van der Waals surface area (Å²) < 4.78 is 36.2. The zero-order chi connectivity index (χ0) is 17.9. The van der Waals surface area contributed by atoms with Gasteiger partial charge in [0.1, 0.15) is 0 Å². The van der Waals surface area contributed by atoms with Gasteiger partial charge in [0.25, 0.3) is 0 Å². The van der Waals surface area contributed by atoms with Crippen molar-refractivity contribution in [2.45, 2.75) is 30.2 Å². The predicted molar refractivity (Wildman–Crippen MR) is 92.8 cm³/mol. The van der Waals surface area contributed by atoms with E-state index in [1.54, 1.807) is 18.0 Å². The Labute approximate surface area is 148 Å². The summed E-state index contributed by atoms with van der Waals surface area (Å²) in [7, 11) is -1.82. The molecule has 1 aromatic rings. The van der Waals surface area contributed by atoms with E-state index < -0.39 is 9.84 Å². The normalized spacial score (nSPS) is 20.1. The van der Waals surface area contributed by atoms with Gasteiger partial charge in [-0.2, -0.15) is 0 Å². The molecule has 2 aliphatic heterocycles. The van der Waals surface area contributed by atoms with Crippen LogP contribution < -0.4 is 14.8 Å². The molecule has 1 amide bonds. The van der Waals surface area contributed by atoms with E-state index in [-0.39, 0.29) is 29.0 Å². The topological polar surface area (TPSA) is 84.9 Å². The molecule has 25 heavy (non-hydrogen) atoms. The van der Waals surface area contributed by atoms with Crippen LogP contribution in [0.1, 0.15) is 19.3 Å². The summed E-state index contributed by atoms with van der Waals surface area (Å²) in [5, 5.41) is 3.20. The molecule has 0 aromatic heterocycles. The molecule has 0 spiro atoms. The van der Waals surface area contributed by atoms with Crippen molar-refractivity contribution in [2.24, 2.45) is 0 Å². The van der Waals surface area contributed by atoms with Crippen LogP contribution in [0.15, 0.2) is 23.1 Å². The van der Waals surface area contributed by atoms with Gasteiger partial charge in [-0.15, -0.1) is 0 Å². The highest BCUT2D eigenvalue weighted by Crippen LogP contribution is 2.32. The molecule has 0 bridgehead atoms. The van der Waals surface area contributed by atoms with Crippen molar-refractivity contribution < 1.29 is 22.7 Å². The van der Waals surface area contributed by atoms with E-state index in [4.69, 9.17) is 9.47 Å². The number of benzene rings is 1. The Balaban J connectivity index is 1.65. The Kier molecular flexibility index (Phi) is 5.48. The Hall–Kier alpha value is -1.80. The summed E-state index contributed by atoms with van der Waals surface area (Å²) in [5.74, 6) is 0.641. The zero-order valence-corrected chi connectivity index (χ0v) is 15.2. The van der Waals surface area contributed by atoms with Gasteiger partial charge in [-0.3, -0.25) is 4.79 Å². The number of nitrogens with one attached hydrogen (secondary N) is 1. The van der Waals surface area contributed by atoms with E-state index in [0.717, 1.165) is 25.9 Å². The quantitative estimate of drug-likeness (QED) is 0.829. The number of fused-ring (bicyclic) bond motifs is 1. The number of carbonyl (C=O) groups excluding carboxylic acids is 1. The van der Waals surface area contributed by atoms with Crippen molar-refractivity contribution in [1.82, 2.24) is 10.2 Å². The second-order valence-corrected chi connectivity index (χ2v) is 8.49. The number of amides is 1. The van der Waals surface area contributed by atoms with Crippen molar-refractivity contribution in [3.8, 4) is 11.5 Å². The van der Waals surface area contributed by atoms with Crippen molar-refractivity contribution in [3.63, 3.8) is 0 Å². The fourth-order valence-electron chi connectivity index (χ4n) is 3.03. The van der Waals surface area contributed by atoms with Gasteiger partial charge in [0.2, 0.25) is 5.91 Å². The van der Waals surface area contributed by atoms with Crippen LogP contribution in [0.3, 0.4) is 0 Å². The first-order valence-corrected chi connectivity index (χ1v) is 10.2. The average Bonchev–Trinajstić information content (AvgIpc) is 3.04. The van der Waals surface area contributed by atoms with E-state index in [0.29, 0.717) is 24.7 Å². The molecule has 138 valence electrons. The van der Waals surface area contributed by atoms with Crippen LogP contribution >= 0.6 is 0 Å². The van der Waals surface area contributed by atoms with Crippen LogP contribution in [0.25, 0.3) is 0 Å². The summed E-state index contributed by atoms with van der Waals surface area (Å²) in [4.78, 5) is 14.1. The second-order valence-electron chi connectivity index (χ2n) is 6.38. The maximum atomic E-state index is 12.6. The molecule has 1 saturated heterocycles. The van der Waals surface area contributed by atoms with Crippen LogP contribution in [0.2, 0.25) is 0 Å². The Bertz CT molecular complexity index is 729. The minimum Gasteiger partial charge on any atom is -0.490 e. The van der Waals surface area contributed by atoms with Crippen LogP contribution in [-0.2, 0) is 14.6 Å². The van der Waals surface area contributed by atoms with Gasteiger partial charge < -0.3 is 19.7 Å². The largest absolute Gasteiger partial charge is 0.490 e. The van der Waals surface area contributed by atoms with Crippen molar-refractivity contribution in [3.05, 3.63) is 18.2 Å². The number of likely N-dealkylation sites (N-methyl/N-ethyl adjacent to an activating group) is 1. The lowest BCUT2D eigenvalue weighted by Crippen LogP contribution is -2.39. The molecule has 0 saturated carbocycles. The van der Waals surface area contributed by atoms with Gasteiger partial charge in [0, 0.05) is 38.5 Å². The molecular formula is C17H24N2O5S. The van der Waals surface area contributed by atoms with Crippen LogP contribution in [-0.4, -0.2) is 64.4 Å². The van der Waals surface area contributed by atoms with Gasteiger partial charge in [-0.25, -0.2) is 8.42 Å². The summed E-state index contributed by atoms with van der Waals surface area (Å²) in [6.07, 6.45) is 1.63. The SMILES string of the molecule is CN(C(=O)CCS(=O)(=O)c1ccc2c(c1)OCCCO2)C1CCNC1. The van der Waals surface area contributed by atoms with Gasteiger partial charge >= 0.3 is 0 Å². The number of rotatable bonds is 5. The summed E-state index contributed by atoms with van der Waals surface area (Å²) >= 11 is 0.